The van der Waals surface area contributed by atoms with Crippen LogP contribution < -0.4 is 0 Å². The Balaban J connectivity index is 3.57. The van der Waals surface area contributed by atoms with E-state index in [1.807, 2.05) is 19.6 Å². The molecule has 0 spiro atoms. The van der Waals surface area contributed by atoms with Crippen LogP contribution in [0.4, 0.5) is 0 Å². The molecule has 0 saturated carbocycles. The van der Waals surface area contributed by atoms with Crippen molar-refractivity contribution < 1.29 is 9.22 Å². The van der Waals surface area contributed by atoms with Crippen LogP contribution in [0.1, 0.15) is 19.3 Å². The SMILES string of the molecule is C[Si](C)(Cl)CCCCC(=O)O[Si](C)(C)C. The van der Waals surface area contributed by atoms with Gasteiger partial charge >= 0.3 is 0 Å². The third-order valence-electron chi connectivity index (χ3n) is 1.82. The molecule has 0 aliphatic heterocycles. The van der Waals surface area contributed by atoms with E-state index in [4.69, 9.17) is 15.5 Å². The summed E-state index contributed by atoms with van der Waals surface area (Å²) in [5.74, 6) is -0.0387. The van der Waals surface area contributed by atoms with E-state index in [1.165, 1.54) is 0 Å². The zero-order valence-electron chi connectivity index (χ0n) is 10.5. The number of unbranched alkanes of at least 4 members (excludes halogenated alkanes) is 1. The van der Waals surface area contributed by atoms with E-state index in [0.29, 0.717) is 6.42 Å². The number of carbonyl (C=O) groups excluding carboxylic acids is 1. The van der Waals surface area contributed by atoms with Gasteiger partial charge < -0.3 is 4.43 Å². The van der Waals surface area contributed by atoms with Gasteiger partial charge in [0, 0.05) is 6.42 Å². The van der Waals surface area contributed by atoms with Crippen molar-refractivity contribution >= 4 is 32.7 Å². The number of hydrogen-bond acceptors (Lipinski definition) is 2. The van der Waals surface area contributed by atoms with Gasteiger partial charge in [0.15, 0.2) is 0 Å². The van der Waals surface area contributed by atoms with E-state index in [-0.39, 0.29) is 5.97 Å². The van der Waals surface area contributed by atoms with Crippen molar-refractivity contribution in [1.29, 1.82) is 0 Å². The van der Waals surface area contributed by atoms with E-state index in [1.54, 1.807) is 0 Å². The second-order valence-corrected chi connectivity index (χ2v) is 16.9. The van der Waals surface area contributed by atoms with Crippen molar-refractivity contribution in [2.45, 2.75) is 58.0 Å². The molecule has 0 amide bonds. The predicted octanol–water partition coefficient (Wildman–Crippen LogP) is 3.98. The van der Waals surface area contributed by atoms with Crippen molar-refractivity contribution in [2.75, 3.05) is 0 Å². The molecule has 0 heterocycles. The minimum absolute atomic E-state index is 0.0387. The first-order valence-electron chi connectivity index (χ1n) is 5.51. The Morgan fingerprint density at radius 2 is 1.67 bits per heavy atom. The fraction of sp³-hybridized carbons (Fsp3) is 0.900. The van der Waals surface area contributed by atoms with Gasteiger partial charge in [-0.2, -0.15) is 11.1 Å². The average Bonchev–Trinajstić information content (AvgIpc) is 1.92. The van der Waals surface area contributed by atoms with E-state index in [0.717, 1.165) is 18.9 Å². The van der Waals surface area contributed by atoms with Crippen molar-refractivity contribution in [3.8, 4) is 0 Å². The molecule has 0 unspecified atom stereocenters. The summed E-state index contributed by atoms with van der Waals surface area (Å²) in [6.07, 6.45) is 2.50. The zero-order valence-corrected chi connectivity index (χ0v) is 13.3. The standard InChI is InChI=1S/C10H23ClO2Si2/c1-14(2,3)13-10(12)8-6-7-9-15(4,5)11/h6-9H2,1-5H3. The van der Waals surface area contributed by atoms with Gasteiger partial charge in [-0.3, -0.25) is 4.79 Å². The molecule has 0 aromatic carbocycles. The van der Waals surface area contributed by atoms with Crippen LogP contribution >= 0.6 is 11.1 Å². The van der Waals surface area contributed by atoms with Gasteiger partial charge in [0.1, 0.15) is 7.38 Å². The van der Waals surface area contributed by atoms with Gasteiger partial charge in [0.2, 0.25) is 8.32 Å². The third kappa shape index (κ3) is 12.1. The molecule has 0 aliphatic rings. The number of carbonyl (C=O) groups is 1. The molecule has 0 saturated heterocycles. The van der Waals surface area contributed by atoms with Crippen LogP contribution in [0, 0.1) is 0 Å². The molecule has 0 atom stereocenters. The fourth-order valence-electron chi connectivity index (χ4n) is 1.21. The number of halogens is 1. The highest BCUT2D eigenvalue weighted by Crippen LogP contribution is 2.18. The minimum atomic E-state index is -1.68. The van der Waals surface area contributed by atoms with Gasteiger partial charge in [-0.15, -0.1) is 0 Å². The van der Waals surface area contributed by atoms with Crippen LogP contribution in [0.25, 0.3) is 0 Å². The molecule has 0 radical (unpaired) electrons. The Hall–Kier alpha value is 0.194. The molecule has 0 bridgehead atoms. The van der Waals surface area contributed by atoms with Crippen LogP contribution in [0.5, 0.6) is 0 Å². The monoisotopic (exact) mass is 266 g/mol. The molecular weight excluding hydrogens is 244 g/mol. The van der Waals surface area contributed by atoms with Crippen LogP contribution in [-0.2, 0) is 9.22 Å². The summed E-state index contributed by atoms with van der Waals surface area (Å²) in [6, 6.07) is 1.08. The van der Waals surface area contributed by atoms with E-state index >= 15 is 0 Å². The maximum absolute atomic E-state index is 11.4. The summed E-state index contributed by atoms with van der Waals surface area (Å²) in [7, 11) is -3.13. The van der Waals surface area contributed by atoms with Crippen LogP contribution in [-0.4, -0.2) is 21.7 Å². The zero-order chi connectivity index (χ0) is 12.1. The van der Waals surface area contributed by atoms with Crippen molar-refractivity contribution in [1.82, 2.24) is 0 Å². The second kappa shape index (κ2) is 6.06. The molecular formula is C10H23ClO2Si2. The quantitative estimate of drug-likeness (QED) is 0.413. The van der Waals surface area contributed by atoms with Crippen molar-refractivity contribution in [3.63, 3.8) is 0 Å². The first-order valence-corrected chi connectivity index (χ1v) is 13.1. The minimum Gasteiger partial charge on any atom is -0.520 e. The molecule has 0 N–H and O–H groups in total. The van der Waals surface area contributed by atoms with Crippen LogP contribution in [0.15, 0.2) is 0 Å². The largest absolute Gasteiger partial charge is 0.520 e. The third-order valence-corrected chi connectivity index (χ3v) is 4.77. The normalized spacial score (nSPS) is 12.7. The summed E-state index contributed by atoms with van der Waals surface area (Å²) in [4.78, 5) is 11.4. The highest BCUT2D eigenvalue weighted by molar-refractivity contribution is 7.19. The summed E-state index contributed by atoms with van der Waals surface area (Å²) < 4.78 is 5.35. The highest BCUT2D eigenvalue weighted by Gasteiger charge is 2.20. The first-order chi connectivity index (χ1) is 6.60. The highest BCUT2D eigenvalue weighted by atomic mass is 35.6. The van der Waals surface area contributed by atoms with Crippen molar-refractivity contribution in [3.05, 3.63) is 0 Å². The lowest BCUT2D eigenvalue weighted by molar-refractivity contribution is -0.135. The summed E-state index contributed by atoms with van der Waals surface area (Å²) in [6.45, 7) is 10.4. The number of hydrogen-bond donors (Lipinski definition) is 0. The molecule has 0 fully saturated rings. The number of rotatable bonds is 6. The van der Waals surface area contributed by atoms with Crippen LogP contribution in [0.3, 0.4) is 0 Å². The Morgan fingerprint density at radius 3 is 2.07 bits per heavy atom. The molecule has 0 aliphatic carbocycles. The Morgan fingerprint density at radius 1 is 1.13 bits per heavy atom. The lowest BCUT2D eigenvalue weighted by Crippen LogP contribution is -2.29. The topological polar surface area (TPSA) is 26.3 Å². The molecule has 5 heteroatoms. The Bertz CT molecular complexity index is 206. The fourth-order valence-corrected chi connectivity index (χ4v) is 3.48. The average molecular weight is 267 g/mol. The molecule has 2 nitrogen and oxygen atoms in total. The summed E-state index contributed by atoms with van der Waals surface area (Å²) >= 11 is 6.18. The molecule has 0 aromatic rings. The molecule has 0 rings (SSSR count). The van der Waals surface area contributed by atoms with Gasteiger partial charge in [0.05, 0.1) is 0 Å². The van der Waals surface area contributed by atoms with Gasteiger partial charge in [-0.1, -0.05) is 19.5 Å². The lowest BCUT2D eigenvalue weighted by Gasteiger charge is -2.17. The second-order valence-electron chi connectivity index (χ2n) is 5.51. The predicted molar refractivity (Wildman–Crippen MR) is 71.4 cm³/mol. The Kier molecular flexibility index (Phi) is 6.14. The van der Waals surface area contributed by atoms with Gasteiger partial charge in [-0.05, 0) is 32.1 Å². The summed E-state index contributed by atoms with van der Waals surface area (Å²) in [5.41, 5.74) is 0. The lowest BCUT2D eigenvalue weighted by atomic mass is 10.2. The van der Waals surface area contributed by atoms with E-state index in [9.17, 15) is 4.79 Å². The molecule has 0 aromatic heterocycles. The van der Waals surface area contributed by atoms with E-state index in [2.05, 4.69) is 13.1 Å². The molecule has 15 heavy (non-hydrogen) atoms. The maximum atomic E-state index is 11.4. The van der Waals surface area contributed by atoms with E-state index < -0.39 is 15.7 Å². The van der Waals surface area contributed by atoms with Gasteiger partial charge in [-0.25, -0.2) is 0 Å². The Labute approximate surface area is 100 Å². The maximum Gasteiger partial charge on any atom is 0.292 e. The summed E-state index contributed by atoms with van der Waals surface area (Å²) in [5, 5.41) is 0. The smallest absolute Gasteiger partial charge is 0.292 e. The first kappa shape index (κ1) is 15.2. The van der Waals surface area contributed by atoms with Gasteiger partial charge in [0.25, 0.3) is 5.97 Å². The molecule has 90 valence electrons. The van der Waals surface area contributed by atoms with Crippen LogP contribution in [0.2, 0.25) is 38.8 Å². The van der Waals surface area contributed by atoms with Crippen molar-refractivity contribution in [2.24, 2.45) is 0 Å².